The van der Waals surface area contributed by atoms with E-state index in [0.29, 0.717) is 7.18 Å². The van der Waals surface area contributed by atoms with E-state index in [9.17, 15) is 8.78 Å². The molecule has 2 nitrogen and oxygen atoms in total. The van der Waals surface area contributed by atoms with E-state index in [2.05, 4.69) is 18.6 Å². The third-order valence-electron chi connectivity index (χ3n) is 1.23. The van der Waals surface area contributed by atoms with Crippen LogP contribution < -0.4 is 0 Å². The second-order valence-electron chi connectivity index (χ2n) is 2.92. The van der Waals surface area contributed by atoms with Crippen molar-refractivity contribution in [2.45, 2.75) is 59.9 Å². The van der Waals surface area contributed by atoms with Crippen LogP contribution in [0.25, 0.3) is 0 Å². The Labute approximate surface area is 93.0 Å². The quantitative estimate of drug-likeness (QED) is 0.660. The van der Waals surface area contributed by atoms with Gasteiger partial charge in [-0.05, 0) is 20.3 Å². The Morgan fingerprint density at radius 1 is 1.00 bits per heavy atom. The van der Waals surface area contributed by atoms with Crippen molar-refractivity contribution >= 4 is 0 Å². The van der Waals surface area contributed by atoms with E-state index in [1.54, 1.807) is 0 Å². The van der Waals surface area contributed by atoms with Crippen LogP contribution in [-0.2, 0) is 9.47 Å². The number of rotatable bonds is 5. The highest BCUT2D eigenvalue weighted by molar-refractivity contribution is 4.40. The van der Waals surface area contributed by atoms with Crippen molar-refractivity contribution in [3.63, 3.8) is 0 Å². The number of alkyl halides is 2. The summed E-state index contributed by atoms with van der Waals surface area (Å²) >= 11 is 0. The minimum atomic E-state index is -1.23. The van der Waals surface area contributed by atoms with Crippen molar-refractivity contribution in [2.75, 3.05) is 14.0 Å². The van der Waals surface area contributed by atoms with E-state index in [1.807, 2.05) is 13.8 Å². The summed E-state index contributed by atoms with van der Waals surface area (Å²) in [5, 5.41) is 0. The molecule has 0 saturated heterocycles. The number of hydrogen-bond donors (Lipinski definition) is 0. The molecule has 0 aromatic carbocycles. The van der Waals surface area contributed by atoms with Gasteiger partial charge >= 0.3 is 0 Å². The third kappa shape index (κ3) is 31.6. The minimum absolute atomic E-state index is 0.0483. The van der Waals surface area contributed by atoms with Gasteiger partial charge in [0.15, 0.2) is 13.2 Å². The molecule has 0 heterocycles. The fourth-order valence-electron chi connectivity index (χ4n) is 0.367. The second kappa shape index (κ2) is 19.4. The van der Waals surface area contributed by atoms with Gasteiger partial charge in [0.25, 0.3) is 0 Å². The summed E-state index contributed by atoms with van der Waals surface area (Å²) in [5.74, 6) is 0. The van der Waals surface area contributed by atoms with Crippen LogP contribution in [0.2, 0.25) is 0 Å². The molecule has 2 unspecified atom stereocenters. The summed E-state index contributed by atoms with van der Waals surface area (Å²) in [6.07, 6.45) is 1.09. The second-order valence-corrected chi connectivity index (χ2v) is 2.92. The Bertz CT molecular complexity index is 90.7. The molecule has 0 bridgehead atoms. The zero-order valence-corrected chi connectivity index (χ0v) is 10.8. The third-order valence-corrected chi connectivity index (χ3v) is 1.23. The fraction of sp³-hybridized carbons (Fsp3) is 1.00. The number of ether oxygens (including phenoxy) is 2. The number of hydrogen-bond acceptors (Lipinski definition) is 2. The summed E-state index contributed by atoms with van der Waals surface area (Å²) in [4.78, 5) is 0. The topological polar surface area (TPSA) is 18.5 Å². The number of halogens is 2. The fourth-order valence-corrected chi connectivity index (χ4v) is 0.367. The largest absolute Gasteiger partial charge is 0.352 e. The van der Waals surface area contributed by atoms with Gasteiger partial charge < -0.3 is 9.47 Å². The van der Waals surface area contributed by atoms with Crippen molar-refractivity contribution < 1.29 is 18.3 Å². The maximum absolute atomic E-state index is 12.0. The first-order valence-electron chi connectivity index (χ1n) is 5.33. The van der Waals surface area contributed by atoms with Crippen LogP contribution in [-0.4, -0.2) is 26.4 Å². The molecule has 0 aliphatic carbocycles. The summed E-state index contributed by atoms with van der Waals surface area (Å²) in [5.41, 5.74) is 0. The maximum atomic E-state index is 12.0. The molecule has 0 N–H and O–H groups in total. The SMILES string of the molecule is CCC.CCC(C)OCOC(C)F.CF. The molecule has 0 aliphatic heterocycles. The molecule has 2 atom stereocenters. The molecule has 96 valence electrons. The van der Waals surface area contributed by atoms with Crippen LogP contribution in [0.3, 0.4) is 0 Å². The average Bonchev–Trinajstić information content (AvgIpc) is 2.21. The minimum Gasteiger partial charge on any atom is -0.352 e. The van der Waals surface area contributed by atoms with Gasteiger partial charge in [-0.1, -0.05) is 27.2 Å². The lowest BCUT2D eigenvalue weighted by molar-refractivity contribution is -0.144. The van der Waals surface area contributed by atoms with E-state index in [4.69, 9.17) is 4.74 Å². The first kappa shape index (κ1) is 20.2. The molecule has 0 rings (SSSR count). The summed E-state index contributed by atoms with van der Waals surface area (Å²) < 4.78 is 31.0. The standard InChI is InChI=1S/C7H15FO2.C3H8.CH3F/c1-4-6(2)9-5-10-7(3)8;1-3-2;1-2/h6-7H,4-5H2,1-3H3;3H2,1-2H3;1H3. The molecule has 0 aliphatic rings. The highest BCUT2D eigenvalue weighted by Gasteiger charge is 1.99. The predicted molar refractivity (Wildman–Crippen MR) is 60.4 cm³/mol. The van der Waals surface area contributed by atoms with Crippen molar-refractivity contribution in [3.8, 4) is 0 Å². The van der Waals surface area contributed by atoms with Crippen molar-refractivity contribution in [1.29, 1.82) is 0 Å². The van der Waals surface area contributed by atoms with E-state index < -0.39 is 6.36 Å². The van der Waals surface area contributed by atoms with Crippen LogP contribution in [0.15, 0.2) is 0 Å². The van der Waals surface area contributed by atoms with Gasteiger partial charge in [0.05, 0.1) is 13.3 Å². The molecule has 0 aromatic heterocycles. The smallest absolute Gasteiger partial charge is 0.198 e. The van der Waals surface area contributed by atoms with Gasteiger partial charge in [-0.3, -0.25) is 4.39 Å². The van der Waals surface area contributed by atoms with E-state index in [-0.39, 0.29) is 12.9 Å². The molecule has 15 heavy (non-hydrogen) atoms. The average molecular weight is 228 g/mol. The normalized spacial score (nSPS) is 12.8. The first-order chi connectivity index (χ1) is 7.08. The Morgan fingerprint density at radius 3 is 1.67 bits per heavy atom. The lowest BCUT2D eigenvalue weighted by atomic mass is 10.3. The van der Waals surface area contributed by atoms with Crippen molar-refractivity contribution in [1.82, 2.24) is 0 Å². The molecular weight excluding hydrogens is 202 g/mol. The predicted octanol–water partition coefficient (Wildman–Crippen LogP) is 4.09. The van der Waals surface area contributed by atoms with Gasteiger partial charge in [-0.25, -0.2) is 4.39 Å². The zero-order valence-electron chi connectivity index (χ0n) is 10.8. The van der Waals surface area contributed by atoms with E-state index in [1.165, 1.54) is 13.3 Å². The Kier molecular flexibility index (Phi) is 26.1. The zero-order chi connectivity index (χ0) is 12.7. The Balaban J connectivity index is -0.000000245. The molecule has 0 fully saturated rings. The van der Waals surface area contributed by atoms with Crippen LogP contribution in [0, 0.1) is 0 Å². The van der Waals surface area contributed by atoms with Crippen LogP contribution in [0.1, 0.15) is 47.5 Å². The lowest BCUT2D eigenvalue weighted by Gasteiger charge is -2.10. The van der Waals surface area contributed by atoms with Crippen LogP contribution in [0.4, 0.5) is 8.78 Å². The van der Waals surface area contributed by atoms with Gasteiger partial charge in [0, 0.05) is 0 Å². The Morgan fingerprint density at radius 2 is 1.40 bits per heavy atom. The lowest BCUT2D eigenvalue weighted by Crippen LogP contribution is -2.12. The monoisotopic (exact) mass is 228 g/mol. The van der Waals surface area contributed by atoms with Crippen LogP contribution in [0.5, 0.6) is 0 Å². The molecule has 0 aromatic rings. The highest BCUT2D eigenvalue weighted by atomic mass is 19.1. The van der Waals surface area contributed by atoms with Gasteiger partial charge in [0.1, 0.15) is 0 Å². The molecule has 0 amide bonds. The van der Waals surface area contributed by atoms with Crippen LogP contribution >= 0.6 is 0 Å². The highest BCUT2D eigenvalue weighted by Crippen LogP contribution is 1.97. The van der Waals surface area contributed by atoms with Crippen molar-refractivity contribution in [3.05, 3.63) is 0 Å². The Hall–Kier alpha value is -0.220. The molecule has 0 spiro atoms. The summed E-state index contributed by atoms with van der Waals surface area (Å²) in [6.45, 7) is 9.56. The maximum Gasteiger partial charge on any atom is 0.198 e. The molecule has 4 heteroatoms. The molecular formula is C11H26F2O2. The van der Waals surface area contributed by atoms with Gasteiger partial charge in [-0.2, -0.15) is 0 Å². The van der Waals surface area contributed by atoms with Gasteiger partial charge in [0.2, 0.25) is 0 Å². The molecule has 0 saturated carbocycles. The van der Waals surface area contributed by atoms with E-state index >= 15 is 0 Å². The first-order valence-corrected chi connectivity index (χ1v) is 5.33. The summed E-state index contributed by atoms with van der Waals surface area (Å²) in [7, 11) is 0.500. The van der Waals surface area contributed by atoms with Crippen molar-refractivity contribution in [2.24, 2.45) is 0 Å². The van der Waals surface area contributed by atoms with E-state index in [0.717, 1.165) is 6.42 Å². The van der Waals surface area contributed by atoms with Gasteiger partial charge in [-0.15, -0.1) is 0 Å². The molecule has 0 radical (unpaired) electrons. The summed E-state index contributed by atoms with van der Waals surface area (Å²) in [6, 6.07) is 0.